The lowest BCUT2D eigenvalue weighted by molar-refractivity contribution is -0.136. The second kappa shape index (κ2) is 8.60. The van der Waals surface area contributed by atoms with Crippen molar-refractivity contribution in [3.05, 3.63) is 90.0 Å². The van der Waals surface area contributed by atoms with Gasteiger partial charge < -0.3 is 4.74 Å². The largest absolute Gasteiger partial charge is 0.456 e. The van der Waals surface area contributed by atoms with Crippen LogP contribution in [0.25, 0.3) is 0 Å². The van der Waals surface area contributed by atoms with E-state index < -0.39 is 29.3 Å². The van der Waals surface area contributed by atoms with Crippen LogP contribution in [0, 0.1) is 0 Å². The van der Waals surface area contributed by atoms with Crippen molar-refractivity contribution in [2.24, 2.45) is 0 Å². The molecule has 0 amide bonds. The van der Waals surface area contributed by atoms with E-state index in [1.807, 2.05) is 0 Å². The van der Waals surface area contributed by atoms with Crippen LogP contribution in [0.5, 0.6) is 0 Å². The molecule has 0 spiro atoms. The van der Waals surface area contributed by atoms with Gasteiger partial charge in [0, 0.05) is 16.6 Å². The zero-order valence-corrected chi connectivity index (χ0v) is 19.0. The van der Waals surface area contributed by atoms with Gasteiger partial charge in [-0.1, -0.05) is 78.5 Å². The van der Waals surface area contributed by atoms with Crippen LogP contribution in [-0.2, 0) is 22.7 Å². The summed E-state index contributed by atoms with van der Waals surface area (Å²) in [6, 6.07) is 17.3. The van der Waals surface area contributed by atoms with E-state index in [9.17, 15) is 18.0 Å². The molecule has 0 N–H and O–H groups in total. The van der Waals surface area contributed by atoms with Crippen molar-refractivity contribution in [1.29, 1.82) is 0 Å². The van der Waals surface area contributed by atoms with Gasteiger partial charge in [-0.15, -0.1) is 0 Å². The number of alkyl halides is 3. The Hall–Kier alpha value is -2.43. The molecular weight excluding hydrogens is 440 g/mol. The maximum atomic E-state index is 14.0. The van der Waals surface area contributed by atoms with Crippen molar-refractivity contribution in [3.63, 3.8) is 0 Å². The Morgan fingerprint density at radius 1 is 0.806 bits per heavy atom. The van der Waals surface area contributed by atoms with Gasteiger partial charge in [0.1, 0.15) is 5.60 Å². The molecule has 0 unspecified atom stereocenters. The van der Waals surface area contributed by atoms with E-state index in [0.29, 0.717) is 10.6 Å². The quantitative estimate of drug-likeness (QED) is 0.383. The van der Waals surface area contributed by atoms with Crippen LogP contribution in [0.15, 0.2) is 78.9 Å². The molecule has 0 aliphatic rings. The lowest BCUT2D eigenvalue weighted by Gasteiger charge is -2.29. The first-order valence-corrected chi connectivity index (χ1v) is 12.4. The predicted molar refractivity (Wildman–Crippen MR) is 123 cm³/mol. The Morgan fingerprint density at radius 2 is 1.32 bits per heavy atom. The van der Waals surface area contributed by atoms with Gasteiger partial charge in [0.25, 0.3) is 0 Å². The molecule has 0 aliphatic carbocycles. The minimum absolute atomic E-state index is 0.000270. The van der Waals surface area contributed by atoms with E-state index >= 15 is 0 Å². The van der Waals surface area contributed by atoms with Crippen LogP contribution in [0.3, 0.4) is 0 Å². The first kappa shape index (κ1) is 23.2. The highest BCUT2D eigenvalue weighted by atomic mass is 32.4. The number of benzene rings is 3. The molecule has 0 radical (unpaired) electrons. The van der Waals surface area contributed by atoms with Gasteiger partial charge in [-0.05, 0) is 38.2 Å². The molecule has 0 bridgehead atoms. The number of rotatable bonds is 4. The topological polar surface area (TPSA) is 26.3 Å². The minimum atomic E-state index is -4.59. The number of ether oxygens (including phenoxy) is 1. The van der Waals surface area contributed by atoms with Crippen molar-refractivity contribution in [2.75, 3.05) is 0 Å². The van der Waals surface area contributed by atoms with Crippen LogP contribution in [0.2, 0.25) is 0 Å². The zero-order valence-electron chi connectivity index (χ0n) is 17.3. The van der Waals surface area contributed by atoms with Crippen LogP contribution in [0.4, 0.5) is 13.2 Å². The molecule has 7 heteroatoms. The molecule has 0 aliphatic heterocycles. The fourth-order valence-electron chi connectivity index (χ4n) is 3.29. The van der Waals surface area contributed by atoms with Crippen LogP contribution in [0.1, 0.15) is 36.7 Å². The van der Waals surface area contributed by atoms with Crippen molar-refractivity contribution >= 4 is 39.7 Å². The third-order valence-electron chi connectivity index (χ3n) is 4.53. The molecule has 2 nitrogen and oxygen atoms in total. The van der Waals surface area contributed by atoms with Gasteiger partial charge in [-0.25, -0.2) is 4.79 Å². The highest BCUT2D eigenvalue weighted by Crippen LogP contribution is 2.47. The van der Waals surface area contributed by atoms with Gasteiger partial charge in [0.05, 0.1) is 11.1 Å². The zero-order chi connectivity index (χ0) is 22.9. The van der Waals surface area contributed by atoms with Crippen LogP contribution >= 0.6 is 6.04 Å². The Morgan fingerprint density at radius 3 is 1.90 bits per heavy atom. The molecule has 0 fully saturated rings. The smallest absolute Gasteiger partial charge is 0.417 e. The summed E-state index contributed by atoms with van der Waals surface area (Å²) in [5.41, 5.74) is -1.37. The average Bonchev–Trinajstić information content (AvgIpc) is 2.72. The molecular formula is C24H22F3O2PS. The summed E-state index contributed by atoms with van der Waals surface area (Å²) in [4.78, 5) is 13.0. The second-order valence-corrected chi connectivity index (χ2v) is 12.3. The molecule has 0 saturated carbocycles. The number of carbonyl (C=O) groups is 1. The Balaban J connectivity index is 2.36. The van der Waals surface area contributed by atoms with E-state index in [1.54, 1.807) is 81.4 Å². The Bertz CT molecular complexity index is 1140. The van der Waals surface area contributed by atoms with E-state index in [0.717, 1.165) is 6.07 Å². The number of hydrogen-bond acceptors (Lipinski definition) is 3. The summed E-state index contributed by atoms with van der Waals surface area (Å²) >= 11 is 6.11. The number of esters is 1. The Kier molecular flexibility index (Phi) is 6.45. The SMILES string of the molecule is CC(C)(C)OC(=O)c1ccccc1[P@](=S)(c1ccccc1)c1ccccc1C(F)(F)F. The summed E-state index contributed by atoms with van der Waals surface area (Å²) in [5, 5.41) is 0.944. The summed E-state index contributed by atoms with van der Waals surface area (Å²) < 4.78 is 47.5. The maximum Gasteiger partial charge on any atom is 0.417 e. The van der Waals surface area contributed by atoms with Crippen LogP contribution in [-0.4, -0.2) is 11.6 Å². The third kappa shape index (κ3) is 4.91. The van der Waals surface area contributed by atoms with Crippen molar-refractivity contribution < 1.29 is 22.7 Å². The van der Waals surface area contributed by atoms with Crippen LogP contribution < -0.4 is 15.9 Å². The number of halogens is 3. The van der Waals surface area contributed by atoms with E-state index in [4.69, 9.17) is 16.5 Å². The molecule has 3 aromatic carbocycles. The normalized spacial score (nSPS) is 14.0. The van der Waals surface area contributed by atoms with Crippen molar-refractivity contribution in [3.8, 4) is 0 Å². The van der Waals surface area contributed by atoms with Crippen molar-refractivity contribution in [1.82, 2.24) is 0 Å². The van der Waals surface area contributed by atoms with Gasteiger partial charge in [0.15, 0.2) is 0 Å². The second-order valence-electron chi connectivity index (χ2n) is 7.98. The maximum absolute atomic E-state index is 14.0. The predicted octanol–water partition coefficient (Wildman–Crippen LogP) is 5.42. The molecule has 3 aromatic rings. The van der Waals surface area contributed by atoms with Gasteiger partial charge >= 0.3 is 12.1 Å². The lowest BCUT2D eigenvalue weighted by atomic mass is 10.1. The summed E-state index contributed by atoms with van der Waals surface area (Å²) in [5.74, 6) is -0.613. The van der Waals surface area contributed by atoms with Gasteiger partial charge in [-0.3, -0.25) is 0 Å². The first-order chi connectivity index (χ1) is 14.4. The van der Waals surface area contributed by atoms with E-state index in [-0.39, 0.29) is 10.9 Å². The standard InChI is InChI=1S/C24H22F3O2PS/c1-23(2,3)29-22(28)18-13-7-9-15-20(18)30(31,17-11-5-4-6-12-17)21-16-10-8-14-19(21)24(25,26)27/h4-16H,1-3H3/t30-/m1/s1. The molecule has 0 heterocycles. The molecule has 31 heavy (non-hydrogen) atoms. The van der Waals surface area contributed by atoms with Crippen molar-refractivity contribution in [2.45, 2.75) is 32.5 Å². The summed E-state index contributed by atoms with van der Waals surface area (Å²) in [6.45, 7) is 5.21. The fourth-order valence-corrected chi connectivity index (χ4v) is 7.65. The highest BCUT2D eigenvalue weighted by molar-refractivity contribution is 8.25. The minimum Gasteiger partial charge on any atom is -0.456 e. The summed E-state index contributed by atoms with van der Waals surface area (Å²) in [7, 11) is 0. The molecule has 0 saturated heterocycles. The number of carbonyl (C=O) groups excluding carboxylic acids is 1. The fraction of sp³-hybridized carbons (Fsp3) is 0.208. The highest BCUT2D eigenvalue weighted by Gasteiger charge is 2.40. The molecule has 1 atom stereocenters. The van der Waals surface area contributed by atoms with E-state index in [2.05, 4.69) is 0 Å². The van der Waals surface area contributed by atoms with Gasteiger partial charge in [-0.2, -0.15) is 13.2 Å². The molecule has 162 valence electrons. The van der Waals surface area contributed by atoms with E-state index in [1.165, 1.54) is 12.1 Å². The number of hydrogen-bond donors (Lipinski definition) is 0. The van der Waals surface area contributed by atoms with Gasteiger partial charge in [0.2, 0.25) is 0 Å². The summed E-state index contributed by atoms with van der Waals surface area (Å²) in [6.07, 6.45) is -4.59. The molecule has 0 aromatic heterocycles. The third-order valence-corrected chi connectivity index (χ3v) is 9.51. The average molecular weight is 462 g/mol. The lowest BCUT2D eigenvalue weighted by Crippen LogP contribution is -2.34. The monoisotopic (exact) mass is 462 g/mol. The first-order valence-electron chi connectivity index (χ1n) is 9.60. The molecule has 3 rings (SSSR count). The Labute approximate surface area is 185 Å².